The van der Waals surface area contributed by atoms with Gasteiger partial charge >= 0.3 is 0 Å². The summed E-state index contributed by atoms with van der Waals surface area (Å²) in [5.74, 6) is 0.769. The fourth-order valence-corrected chi connectivity index (χ4v) is 3.11. The molecule has 0 bridgehead atoms. The zero-order valence-electron chi connectivity index (χ0n) is 9.17. The number of benzene rings is 1. The molecular formula is C12H11BrClNOS. The van der Waals surface area contributed by atoms with Crippen LogP contribution in [0.5, 0.6) is 5.75 Å². The van der Waals surface area contributed by atoms with Crippen LogP contribution < -0.4 is 10.1 Å². The van der Waals surface area contributed by atoms with Crippen LogP contribution in [-0.4, -0.2) is 7.11 Å². The van der Waals surface area contributed by atoms with Gasteiger partial charge < -0.3 is 10.1 Å². The van der Waals surface area contributed by atoms with Crippen molar-refractivity contribution in [3.63, 3.8) is 0 Å². The Bertz CT molecular complexity index is 501. The first-order valence-electron chi connectivity index (χ1n) is 5.00. The standard InChI is InChI=1S/C12H11BrClNOS/c1-16-12-10(13)5-8(14)6-11(12)15-7-9-3-2-4-17-9/h2-6,15H,7H2,1H3. The Morgan fingerprint density at radius 3 is 2.94 bits per heavy atom. The van der Waals surface area contributed by atoms with Crippen molar-refractivity contribution in [2.75, 3.05) is 12.4 Å². The van der Waals surface area contributed by atoms with Crippen LogP contribution in [0.3, 0.4) is 0 Å². The van der Waals surface area contributed by atoms with Gasteiger partial charge in [0, 0.05) is 16.4 Å². The average molecular weight is 333 g/mol. The summed E-state index contributed by atoms with van der Waals surface area (Å²) >= 11 is 11.2. The summed E-state index contributed by atoms with van der Waals surface area (Å²) in [6.07, 6.45) is 0. The fraction of sp³-hybridized carbons (Fsp3) is 0.167. The number of anilines is 1. The lowest BCUT2D eigenvalue weighted by atomic mass is 10.3. The molecular weight excluding hydrogens is 322 g/mol. The third-order valence-electron chi connectivity index (χ3n) is 2.25. The number of thiophene rings is 1. The summed E-state index contributed by atoms with van der Waals surface area (Å²) in [6, 6.07) is 7.80. The highest BCUT2D eigenvalue weighted by Crippen LogP contribution is 2.36. The molecule has 0 atom stereocenters. The van der Waals surface area contributed by atoms with Gasteiger partial charge in [-0.05, 0) is 39.5 Å². The number of hydrogen-bond donors (Lipinski definition) is 1. The Labute approximate surface area is 118 Å². The van der Waals surface area contributed by atoms with Crippen molar-refractivity contribution in [1.29, 1.82) is 0 Å². The van der Waals surface area contributed by atoms with Gasteiger partial charge in [-0.2, -0.15) is 0 Å². The van der Waals surface area contributed by atoms with E-state index < -0.39 is 0 Å². The van der Waals surface area contributed by atoms with Crippen molar-refractivity contribution in [1.82, 2.24) is 0 Å². The van der Waals surface area contributed by atoms with Crippen molar-refractivity contribution < 1.29 is 4.74 Å². The van der Waals surface area contributed by atoms with E-state index in [9.17, 15) is 0 Å². The molecule has 2 aromatic rings. The summed E-state index contributed by atoms with van der Waals surface area (Å²) in [5, 5.41) is 6.05. The molecule has 5 heteroatoms. The van der Waals surface area contributed by atoms with Gasteiger partial charge in [0.2, 0.25) is 0 Å². The summed E-state index contributed by atoms with van der Waals surface area (Å²) in [7, 11) is 1.64. The van der Waals surface area contributed by atoms with E-state index >= 15 is 0 Å². The van der Waals surface area contributed by atoms with Crippen molar-refractivity contribution in [2.45, 2.75) is 6.54 Å². The van der Waals surface area contributed by atoms with Gasteiger partial charge in [-0.25, -0.2) is 0 Å². The first kappa shape index (κ1) is 12.7. The molecule has 0 aliphatic carbocycles. The Hall–Kier alpha value is -0.710. The highest BCUT2D eigenvalue weighted by Gasteiger charge is 2.09. The molecule has 0 radical (unpaired) electrons. The number of ether oxygens (including phenoxy) is 1. The number of methoxy groups -OCH3 is 1. The molecule has 0 fully saturated rings. The molecule has 0 spiro atoms. The zero-order valence-corrected chi connectivity index (χ0v) is 12.3. The third kappa shape index (κ3) is 3.15. The summed E-state index contributed by atoms with van der Waals surface area (Å²) in [6.45, 7) is 0.765. The van der Waals surface area contributed by atoms with Gasteiger partial charge in [-0.1, -0.05) is 17.7 Å². The van der Waals surface area contributed by atoms with Crippen LogP contribution in [-0.2, 0) is 6.54 Å². The summed E-state index contributed by atoms with van der Waals surface area (Å²) < 4.78 is 6.18. The zero-order chi connectivity index (χ0) is 12.3. The minimum absolute atomic E-state index is 0.673. The Kier molecular flexibility index (Phi) is 4.31. The largest absolute Gasteiger partial charge is 0.493 e. The van der Waals surface area contributed by atoms with E-state index in [1.54, 1.807) is 18.4 Å². The Balaban J connectivity index is 2.19. The molecule has 2 rings (SSSR count). The van der Waals surface area contributed by atoms with E-state index in [-0.39, 0.29) is 0 Å². The molecule has 90 valence electrons. The molecule has 2 nitrogen and oxygen atoms in total. The molecule has 0 aliphatic heterocycles. The second kappa shape index (κ2) is 5.76. The van der Waals surface area contributed by atoms with E-state index in [1.807, 2.05) is 18.2 Å². The fourth-order valence-electron chi connectivity index (χ4n) is 1.49. The normalized spacial score (nSPS) is 10.3. The third-order valence-corrected chi connectivity index (χ3v) is 3.93. The average Bonchev–Trinajstić information content (AvgIpc) is 2.78. The summed E-state index contributed by atoms with van der Waals surface area (Å²) in [5.41, 5.74) is 0.889. The first-order chi connectivity index (χ1) is 8.20. The second-order valence-corrected chi connectivity index (χ2v) is 5.72. The minimum atomic E-state index is 0.673. The molecule has 1 aromatic heterocycles. The highest BCUT2D eigenvalue weighted by atomic mass is 79.9. The first-order valence-corrected chi connectivity index (χ1v) is 7.05. The summed E-state index contributed by atoms with van der Waals surface area (Å²) in [4.78, 5) is 1.27. The quantitative estimate of drug-likeness (QED) is 0.869. The molecule has 0 unspecified atom stereocenters. The molecule has 17 heavy (non-hydrogen) atoms. The molecule has 1 aromatic carbocycles. The number of hydrogen-bond acceptors (Lipinski definition) is 3. The molecule has 1 N–H and O–H groups in total. The predicted molar refractivity (Wildman–Crippen MR) is 77.3 cm³/mol. The van der Waals surface area contributed by atoms with Crippen LogP contribution in [0.15, 0.2) is 34.1 Å². The van der Waals surface area contributed by atoms with Crippen LogP contribution in [0.25, 0.3) is 0 Å². The molecule has 0 amide bonds. The molecule has 0 saturated carbocycles. The highest BCUT2D eigenvalue weighted by molar-refractivity contribution is 9.10. The van der Waals surface area contributed by atoms with Gasteiger partial charge in [0.15, 0.2) is 5.75 Å². The van der Waals surface area contributed by atoms with Gasteiger partial charge in [0.25, 0.3) is 0 Å². The van der Waals surface area contributed by atoms with Gasteiger partial charge in [-0.15, -0.1) is 11.3 Å². The van der Waals surface area contributed by atoms with E-state index in [0.717, 1.165) is 22.5 Å². The van der Waals surface area contributed by atoms with Gasteiger partial charge in [0.05, 0.1) is 17.3 Å². The van der Waals surface area contributed by atoms with Crippen molar-refractivity contribution in [3.05, 3.63) is 44.0 Å². The van der Waals surface area contributed by atoms with E-state index in [4.69, 9.17) is 16.3 Å². The van der Waals surface area contributed by atoms with E-state index in [1.165, 1.54) is 4.88 Å². The molecule has 0 saturated heterocycles. The van der Waals surface area contributed by atoms with E-state index in [0.29, 0.717) is 5.02 Å². The Morgan fingerprint density at radius 1 is 1.47 bits per heavy atom. The van der Waals surface area contributed by atoms with Crippen LogP contribution >= 0.6 is 38.9 Å². The van der Waals surface area contributed by atoms with E-state index in [2.05, 4.69) is 32.7 Å². The minimum Gasteiger partial charge on any atom is -0.493 e. The maximum atomic E-state index is 6.02. The monoisotopic (exact) mass is 331 g/mol. The van der Waals surface area contributed by atoms with Crippen LogP contribution in [0.2, 0.25) is 5.02 Å². The molecule has 0 aliphatic rings. The topological polar surface area (TPSA) is 21.3 Å². The number of halogens is 2. The van der Waals surface area contributed by atoms with Gasteiger partial charge in [0.1, 0.15) is 0 Å². The lowest BCUT2D eigenvalue weighted by Crippen LogP contribution is -2.00. The van der Waals surface area contributed by atoms with Crippen molar-refractivity contribution in [2.24, 2.45) is 0 Å². The number of rotatable bonds is 4. The smallest absolute Gasteiger partial charge is 0.156 e. The maximum absolute atomic E-state index is 6.02. The lowest BCUT2D eigenvalue weighted by Gasteiger charge is -2.12. The van der Waals surface area contributed by atoms with Crippen molar-refractivity contribution in [3.8, 4) is 5.75 Å². The SMILES string of the molecule is COc1c(Br)cc(Cl)cc1NCc1cccs1. The van der Waals surface area contributed by atoms with Crippen LogP contribution in [0, 0.1) is 0 Å². The Morgan fingerprint density at radius 2 is 2.29 bits per heavy atom. The van der Waals surface area contributed by atoms with Crippen LogP contribution in [0.4, 0.5) is 5.69 Å². The second-order valence-electron chi connectivity index (χ2n) is 3.40. The molecule has 1 heterocycles. The lowest BCUT2D eigenvalue weighted by molar-refractivity contribution is 0.414. The van der Waals surface area contributed by atoms with Gasteiger partial charge in [-0.3, -0.25) is 0 Å². The maximum Gasteiger partial charge on any atom is 0.156 e. The predicted octanol–water partition coefficient (Wildman–Crippen LogP) is 4.78. The van der Waals surface area contributed by atoms with Crippen LogP contribution in [0.1, 0.15) is 4.88 Å². The number of nitrogens with one attached hydrogen (secondary N) is 1. The van der Waals surface area contributed by atoms with Crippen molar-refractivity contribution >= 4 is 44.6 Å².